The van der Waals surface area contributed by atoms with E-state index in [1.54, 1.807) is 19.1 Å². The van der Waals surface area contributed by atoms with Gasteiger partial charge in [-0.3, -0.25) is 4.79 Å². The SMILES string of the molecule is C=C(C)[C@@H]1CC[C@]2(C(=O)Cc3nc(C(=O)O)c(C)s3)CC[C@]3(C)[C@H](CC[C@@H]4[C@@]5(C)CC=C(c6ccc(C(=O)O)cc6)C(C)(C)[C@@H]5CC[C@]43C)[C@@H]12. The van der Waals surface area contributed by atoms with Gasteiger partial charge >= 0.3 is 11.9 Å². The number of benzene rings is 1. The topological polar surface area (TPSA) is 105 Å². The number of fused-ring (bicyclic) bond motifs is 7. The van der Waals surface area contributed by atoms with E-state index in [4.69, 9.17) is 0 Å². The van der Waals surface area contributed by atoms with E-state index in [-0.39, 0.29) is 45.5 Å². The number of rotatable bonds is 7. The first kappa shape index (κ1) is 35.3. The number of allylic oxidation sites excluding steroid dienone is 3. The molecular formula is C43H55NO5S. The van der Waals surface area contributed by atoms with Gasteiger partial charge in [0.2, 0.25) is 0 Å². The van der Waals surface area contributed by atoms with E-state index < -0.39 is 17.4 Å². The molecule has 6 nitrogen and oxygen atoms in total. The normalized spacial score (nSPS) is 38.5. The molecule has 5 aliphatic carbocycles. The van der Waals surface area contributed by atoms with Crippen LogP contribution in [-0.2, 0) is 11.2 Å². The molecule has 0 bridgehead atoms. The van der Waals surface area contributed by atoms with Crippen LogP contribution in [0, 0.1) is 63.6 Å². The lowest BCUT2D eigenvalue weighted by Crippen LogP contribution is -2.66. The Bertz CT molecular complexity index is 1800. The zero-order valence-electron chi connectivity index (χ0n) is 31.0. The molecule has 4 saturated carbocycles. The third-order valence-corrected chi connectivity index (χ3v) is 17.0. The van der Waals surface area contributed by atoms with Gasteiger partial charge in [0.25, 0.3) is 0 Å². The van der Waals surface area contributed by atoms with Crippen molar-refractivity contribution in [1.29, 1.82) is 0 Å². The van der Waals surface area contributed by atoms with Crippen LogP contribution in [0.3, 0.4) is 0 Å². The summed E-state index contributed by atoms with van der Waals surface area (Å²) in [5.41, 5.74) is 4.04. The molecule has 4 fully saturated rings. The summed E-state index contributed by atoms with van der Waals surface area (Å²) in [6.45, 7) is 21.1. The number of hydrogen-bond acceptors (Lipinski definition) is 5. The summed E-state index contributed by atoms with van der Waals surface area (Å²) < 4.78 is 0. The quantitative estimate of drug-likeness (QED) is 0.279. The van der Waals surface area contributed by atoms with Gasteiger partial charge < -0.3 is 10.2 Å². The third-order valence-electron chi connectivity index (χ3n) is 16.0. The van der Waals surface area contributed by atoms with Gasteiger partial charge in [0.1, 0.15) is 10.8 Å². The lowest BCUT2D eigenvalue weighted by molar-refractivity contribution is -0.224. The fourth-order valence-corrected chi connectivity index (χ4v) is 14.5. The third kappa shape index (κ3) is 4.84. The number of aryl methyl sites for hydroxylation is 1. The first-order valence-electron chi connectivity index (χ1n) is 18.8. The molecule has 7 heteroatoms. The van der Waals surface area contributed by atoms with Gasteiger partial charge in [-0.25, -0.2) is 14.6 Å². The number of aromatic carboxylic acids is 2. The van der Waals surface area contributed by atoms with Gasteiger partial charge in [0, 0.05) is 10.3 Å². The molecular weight excluding hydrogens is 643 g/mol. The van der Waals surface area contributed by atoms with E-state index in [2.05, 4.69) is 59.2 Å². The van der Waals surface area contributed by atoms with Crippen LogP contribution in [0.15, 0.2) is 42.5 Å². The Labute approximate surface area is 301 Å². The van der Waals surface area contributed by atoms with Gasteiger partial charge in [0.15, 0.2) is 5.69 Å². The number of carboxylic acid groups (broad SMARTS) is 2. The van der Waals surface area contributed by atoms with Crippen LogP contribution in [0.4, 0.5) is 0 Å². The van der Waals surface area contributed by atoms with Crippen LogP contribution in [-0.4, -0.2) is 32.9 Å². The molecule has 0 spiro atoms. The number of carbonyl (C=O) groups is 3. The van der Waals surface area contributed by atoms with Gasteiger partial charge in [-0.15, -0.1) is 11.3 Å². The lowest BCUT2D eigenvalue weighted by atomic mass is 9.32. The smallest absolute Gasteiger partial charge is 0.355 e. The number of nitrogens with zero attached hydrogens (tertiary/aromatic N) is 1. The Kier molecular flexibility index (Phi) is 8.29. The van der Waals surface area contributed by atoms with Crippen molar-refractivity contribution in [3.05, 3.63) is 69.2 Å². The molecule has 7 rings (SSSR count). The van der Waals surface area contributed by atoms with Crippen LogP contribution in [0.25, 0.3) is 5.57 Å². The first-order chi connectivity index (χ1) is 23.4. The second kappa shape index (κ2) is 11.7. The van der Waals surface area contributed by atoms with Gasteiger partial charge in [-0.2, -0.15) is 0 Å². The Morgan fingerprint density at radius 1 is 0.880 bits per heavy atom. The van der Waals surface area contributed by atoms with Crippen molar-refractivity contribution in [2.45, 2.75) is 113 Å². The summed E-state index contributed by atoms with van der Waals surface area (Å²) in [5, 5.41) is 19.7. The number of carbonyl (C=O) groups excluding carboxylic acids is 1. The standard InChI is InChI=1S/C43H55NO5S/c1-24(2)28-15-20-43(33(45)23-34-44-36(38(48)49)25(3)50-34)22-21-41(7)30(35(28)43)13-14-32-40(6)18-16-29(26-9-11-27(12-10-26)37(46)47)39(4,5)31(40)17-19-42(32,41)8/h9-12,16,28,30-32,35H,1,13-15,17-23H2,2-8H3,(H,46,47)(H,48,49)/t28-,30+,31-,32+,35+,40-,41+,42+,43+/m0/s1. The fourth-order valence-electron chi connectivity index (χ4n) is 13.6. The van der Waals surface area contributed by atoms with Crippen molar-refractivity contribution in [1.82, 2.24) is 4.98 Å². The number of Topliss-reactive ketones (excluding diaryl/α,β-unsaturated/α-hetero) is 1. The van der Waals surface area contributed by atoms with Crippen LogP contribution in [0.1, 0.15) is 136 Å². The molecule has 0 saturated heterocycles. The number of thiazole rings is 1. The van der Waals surface area contributed by atoms with Crippen molar-refractivity contribution in [2.24, 2.45) is 56.7 Å². The summed E-state index contributed by atoms with van der Waals surface area (Å²) in [6, 6.07) is 7.47. The second-order valence-corrected chi connectivity index (χ2v) is 19.5. The highest BCUT2D eigenvalue weighted by Crippen LogP contribution is 2.78. The van der Waals surface area contributed by atoms with E-state index in [1.807, 2.05) is 12.1 Å². The van der Waals surface area contributed by atoms with Gasteiger partial charge in [-0.05, 0) is 146 Å². The molecule has 2 aromatic rings. The number of hydrogen-bond donors (Lipinski definition) is 2. The minimum absolute atomic E-state index is 0.0455. The summed E-state index contributed by atoms with van der Waals surface area (Å²) in [5.74, 6) is 0.468. The van der Waals surface area contributed by atoms with E-state index in [1.165, 1.54) is 35.3 Å². The zero-order valence-corrected chi connectivity index (χ0v) is 31.8. The Balaban J connectivity index is 1.21. The minimum Gasteiger partial charge on any atom is -0.478 e. The minimum atomic E-state index is -1.03. The molecule has 1 aromatic heterocycles. The fraction of sp³-hybridized carbons (Fsp3) is 0.628. The zero-order chi connectivity index (χ0) is 36.2. The predicted molar refractivity (Wildman–Crippen MR) is 198 cm³/mol. The molecule has 0 aliphatic heterocycles. The molecule has 0 unspecified atom stereocenters. The average molecular weight is 698 g/mol. The van der Waals surface area contributed by atoms with Crippen LogP contribution in [0.5, 0.6) is 0 Å². The molecule has 5 aliphatic rings. The van der Waals surface area contributed by atoms with E-state index in [0.717, 1.165) is 50.5 Å². The van der Waals surface area contributed by atoms with E-state index >= 15 is 0 Å². The monoisotopic (exact) mass is 697 g/mol. The highest BCUT2D eigenvalue weighted by atomic mass is 32.1. The average Bonchev–Trinajstić information content (AvgIpc) is 3.62. The predicted octanol–water partition coefficient (Wildman–Crippen LogP) is 10.3. The highest BCUT2D eigenvalue weighted by Gasteiger charge is 2.71. The molecule has 268 valence electrons. The van der Waals surface area contributed by atoms with Crippen LogP contribution >= 0.6 is 11.3 Å². The number of ketones is 1. The van der Waals surface area contributed by atoms with Crippen molar-refractivity contribution < 1.29 is 24.6 Å². The van der Waals surface area contributed by atoms with E-state index in [0.29, 0.717) is 39.1 Å². The number of carboxylic acids is 2. The molecule has 0 radical (unpaired) electrons. The second-order valence-electron chi connectivity index (χ2n) is 18.2. The Morgan fingerprint density at radius 2 is 1.58 bits per heavy atom. The van der Waals surface area contributed by atoms with Crippen molar-refractivity contribution >= 4 is 34.6 Å². The first-order valence-corrected chi connectivity index (χ1v) is 19.6. The maximum Gasteiger partial charge on any atom is 0.355 e. The largest absolute Gasteiger partial charge is 0.478 e. The van der Waals surface area contributed by atoms with E-state index in [9.17, 15) is 24.6 Å². The Morgan fingerprint density at radius 3 is 2.20 bits per heavy atom. The van der Waals surface area contributed by atoms with Gasteiger partial charge in [-0.1, -0.05) is 65.0 Å². The van der Waals surface area contributed by atoms with Crippen LogP contribution < -0.4 is 0 Å². The molecule has 1 aromatic carbocycles. The molecule has 9 atom stereocenters. The summed E-state index contributed by atoms with van der Waals surface area (Å²) in [6.07, 6.45) is 12.2. The van der Waals surface area contributed by atoms with Crippen LogP contribution in [0.2, 0.25) is 0 Å². The summed E-state index contributed by atoms with van der Waals surface area (Å²) in [7, 11) is 0. The maximum atomic E-state index is 14.6. The van der Waals surface area contributed by atoms with Gasteiger partial charge in [0.05, 0.1) is 12.0 Å². The van der Waals surface area contributed by atoms with Crippen molar-refractivity contribution in [2.75, 3.05) is 0 Å². The lowest BCUT2D eigenvalue weighted by Gasteiger charge is -2.72. The summed E-state index contributed by atoms with van der Waals surface area (Å²) >= 11 is 1.36. The molecule has 0 amide bonds. The summed E-state index contributed by atoms with van der Waals surface area (Å²) in [4.78, 5) is 43.0. The molecule has 50 heavy (non-hydrogen) atoms. The van der Waals surface area contributed by atoms with Crippen molar-refractivity contribution in [3.63, 3.8) is 0 Å². The maximum absolute atomic E-state index is 14.6. The van der Waals surface area contributed by atoms with Crippen molar-refractivity contribution in [3.8, 4) is 0 Å². The molecule has 2 N–H and O–H groups in total. The Hall–Kier alpha value is -3.06. The molecule has 1 heterocycles. The number of aromatic nitrogens is 1. The highest BCUT2D eigenvalue weighted by molar-refractivity contribution is 7.12.